The molecule has 196 valence electrons. The number of fused-ring (bicyclic) bond motifs is 1. The minimum Gasteiger partial charge on any atom is -0.493 e. The molecule has 0 radical (unpaired) electrons. The summed E-state index contributed by atoms with van der Waals surface area (Å²) in [4.78, 5) is 39.0. The lowest BCUT2D eigenvalue weighted by molar-refractivity contribution is -0.127. The van der Waals surface area contributed by atoms with Crippen molar-refractivity contribution in [3.8, 4) is 11.5 Å². The number of para-hydroxylation sites is 1. The molecule has 0 atom stereocenters. The zero-order chi connectivity index (χ0) is 27.4. The van der Waals surface area contributed by atoms with Crippen molar-refractivity contribution in [2.24, 2.45) is 0 Å². The van der Waals surface area contributed by atoms with E-state index in [1.807, 2.05) is 30.3 Å². The topological polar surface area (TPSA) is 84.9 Å². The highest BCUT2D eigenvalue weighted by molar-refractivity contribution is 9.10. The summed E-state index contributed by atoms with van der Waals surface area (Å²) >= 11 is 4.35. The average molecular weight is 603 g/mol. The second-order valence-electron chi connectivity index (χ2n) is 8.64. The van der Waals surface area contributed by atoms with Crippen molar-refractivity contribution in [2.75, 3.05) is 19.0 Å². The maximum absolute atomic E-state index is 12.9. The number of nitrogens with zero attached hydrogens (tertiary/aromatic N) is 1. The summed E-state index contributed by atoms with van der Waals surface area (Å²) in [5.74, 6) is 0.00652. The van der Waals surface area contributed by atoms with E-state index in [1.165, 1.54) is 7.11 Å². The van der Waals surface area contributed by atoms with E-state index in [2.05, 4.69) is 39.4 Å². The SMILES string of the molecule is COc1cc(/C=C2\SC(=O)N(CC(=O)Nc3ccccc3)C2=O)cc(Br)c1OCc1cccc2ccccc12. The second kappa shape index (κ2) is 11.8. The molecule has 1 heterocycles. The largest absolute Gasteiger partial charge is 0.493 e. The Kier molecular flexibility index (Phi) is 7.99. The molecular formula is C30H23BrN2O5S. The van der Waals surface area contributed by atoms with E-state index in [4.69, 9.17) is 9.47 Å². The molecule has 1 aliphatic rings. The van der Waals surface area contributed by atoms with Gasteiger partial charge in [-0.1, -0.05) is 60.7 Å². The van der Waals surface area contributed by atoms with E-state index < -0.39 is 17.1 Å². The number of carbonyl (C=O) groups excluding carboxylic acids is 3. The van der Waals surface area contributed by atoms with Gasteiger partial charge in [0.2, 0.25) is 5.91 Å². The molecular weight excluding hydrogens is 580 g/mol. The van der Waals surface area contributed by atoms with E-state index >= 15 is 0 Å². The predicted molar refractivity (Wildman–Crippen MR) is 157 cm³/mol. The number of thioether (sulfide) groups is 1. The molecule has 0 spiro atoms. The van der Waals surface area contributed by atoms with Gasteiger partial charge in [-0.3, -0.25) is 19.3 Å². The lowest BCUT2D eigenvalue weighted by atomic mass is 10.1. The Labute approximate surface area is 237 Å². The highest BCUT2D eigenvalue weighted by Gasteiger charge is 2.36. The number of benzene rings is 4. The van der Waals surface area contributed by atoms with Crippen molar-refractivity contribution >= 4 is 67.3 Å². The van der Waals surface area contributed by atoms with Gasteiger partial charge in [0.1, 0.15) is 13.2 Å². The van der Waals surface area contributed by atoms with Crippen molar-refractivity contribution in [1.29, 1.82) is 0 Å². The number of anilines is 1. The number of hydrogen-bond acceptors (Lipinski definition) is 6. The van der Waals surface area contributed by atoms with Gasteiger partial charge in [-0.15, -0.1) is 0 Å². The van der Waals surface area contributed by atoms with Crippen LogP contribution in [0.4, 0.5) is 10.5 Å². The van der Waals surface area contributed by atoms with Gasteiger partial charge in [0.25, 0.3) is 11.1 Å². The molecule has 1 aliphatic heterocycles. The van der Waals surface area contributed by atoms with Gasteiger partial charge in [-0.05, 0) is 79.9 Å². The zero-order valence-electron chi connectivity index (χ0n) is 20.8. The smallest absolute Gasteiger partial charge is 0.294 e. The number of carbonyl (C=O) groups is 3. The fraction of sp³-hybridized carbons (Fsp3) is 0.100. The molecule has 0 saturated carbocycles. The lowest BCUT2D eigenvalue weighted by Crippen LogP contribution is -2.36. The number of amides is 3. The van der Waals surface area contributed by atoms with Gasteiger partial charge in [-0.25, -0.2) is 0 Å². The Morgan fingerprint density at radius 1 is 1.00 bits per heavy atom. The van der Waals surface area contributed by atoms with Crippen LogP contribution in [0, 0.1) is 0 Å². The molecule has 1 N–H and O–H groups in total. The van der Waals surface area contributed by atoms with Crippen LogP contribution in [0.2, 0.25) is 0 Å². The number of methoxy groups -OCH3 is 1. The zero-order valence-corrected chi connectivity index (χ0v) is 23.3. The normalized spacial score (nSPS) is 14.2. The molecule has 0 aliphatic carbocycles. The first-order valence-electron chi connectivity index (χ1n) is 12.0. The van der Waals surface area contributed by atoms with Crippen LogP contribution in [-0.2, 0) is 16.2 Å². The molecule has 0 aromatic heterocycles. The molecule has 4 aromatic rings. The summed E-state index contributed by atoms with van der Waals surface area (Å²) in [5, 5.41) is 4.42. The predicted octanol–water partition coefficient (Wildman–Crippen LogP) is 6.86. The Bertz CT molecular complexity index is 1600. The van der Waals surface area contributed by atoms with Gasteiger partial charge >= 0.3 is 0 Å². The Morgan fingerprint density at radius 2 is 1.74 bits per heavy atom. The molecule has 0 unspecified atom stereocenters. The molecule has 1 saturated heterocycles. The second-order valence-corrected chi connectivity index (χ2v) is 10.5. The summed E-state index contributed by atoms with van der Waals surface area (Å²) in [5.41, 5.74) is 2.26. The standard InChI is InChI=1S/C30H23BrN2O5S/c1-37-25-15-19(14-24(31)28(25)38-18-21-10-7-9-20-8-5-6-13-23(20)21)16-26-29(35)33(30(36)39-26)17-27(34)32-22-11-3-2-4-12-22/h2-16H,17-18H2,1H3,(H,32,34)/b26-16-. The van der Waals surface area contributed by atoms with E-state index in [9.17, 15) is 14.4 Å². The van der Waals surface area contributed by atoms with Gasteiger partial charge in [0.15, 0.2) is 11.5 Å². The fourth-order valence-corrected chi connectivity index (χ4v) is 5.60. The van der Waals surface area contributed by atoms with E-state index in [1.54, 1.807) is 42.5 Å². The Hall–Kier alpha value is -4.08. The van der Waals surface area contributed by atoms with Crippen LogP contribution in [0.3, 0.4) is 0 Å². The van der Waals surface area contributed by atoms with E-state index in [0.29, 0.717) is 33.8 Å². The quantitative estimate of drug-likeness (QED) is 0.222. The summed E-state index contributed by atoms with van der Waals surface area (Å²) in [6.45, 7) is -0.0372. The summed E-state index contributed by atoms with van der Waals surface area (Å²) in [6.07, 6.45) is 1.60. The van der Waals surface area contributed by atoms with Crippen LogP contribution in [0.25, 0.3) is 16.8 Å². The molecule has 9 heteroatoms. The van der Waals surface area contributed by atoms with Crippen molar-refractivity contribution in [1.82, 2.24) is 4.90 Å². The van der Waals surface area contributed by atoms with Crippen molar-refractivity contribution < 1.29 is 23.9 Å². The minimum atomic E-state index is -0.528. The number of ether oxygens (including phenoxy) is 2. The summed E-state index contributed by atoms with van der Waals surface area (Å²) < 4.78 is 12.4. The number of halogens is 1. The Morgan fingerprint density at radius 3 is 2.54 bits per heavy atom. The first-order valence-corrected chi connectivity index (χ1v) is 13.6. The fourth-order valence-electron chi connectivity index (χ4n) is 4.18. The van der Waals surface area contributed by atoms with E-state index in [-0.39, 0.29) is 11.4 Å². The maximum atomic E-state index is 12.9. The monoisotopic (exact) mass is 602 g/mol. The maximum Gasteiger partial charge on any atom is 0.294 e. The summed E-state index contributed by atoms with van der Waals surface area (Å²) in [6, 6.07) is 26.6. The molecule has 3 amide bonds. The van der Waals surface area contributed by atoms with Crippen LogP contribution in [0.15, 0.2) is 94.3 Å². The van der Waals surface area contributed by atoms with Crippen LogP contribution in [-0.4, -0.2) is 35.6 Å². The molecule has 39 heavy (non-hydrogen) atoms. The first kappa shape index (κ1) is 26.5. The third-order valence-electron chi connectivity index (χ3n) is 6.03. The highest BCUT2D eigenvalue weighted by Crippen LogP contribution is 2.39. The molecule has 0 bridgehead atoms. The lowest BCUT2D eigenvalue weighted by Gasteiger charge is -2.15. The third-order valence-corrected chi connectivity index (χ3v) is 7.53. The highest BCUT2D eigenvalue weighted by atomic mass is 79.9. The van der Waals surface area contributed by atoms with Crippen LogP contribution in [0.5, 0.6) is 11.5 Å². The molecule has 4 aromatic carbocycles. The van der Waals surface area contributed by atoms with Gasteiger partial charge in [-0.2, -0.15) is 0 Å². The van der Waals surface area contributed by atoms with Gasteiger partial charge in [0, 0.05) is 5.69 Å². The van der Waals surface area contributed by atoms with Gasteiger partial charge in [0.05, 0.1) is 16.5 Å². The first-order chi connectivity index (χ1) is 18.9. The van der Waals surface area contributed by atoms with Crippen molar-refractivity contribution in [3.05, 3.63) is 105 Å². The number of imide groups is 1. The number of rotatable bonds is 8. The van der Waals surface area contributed by atoms with Crippen molar-refractivity contribution in [2.45, 2.75) is 6.61 Å². The van der Waals surface area contributed by atoms with Crippen LogP contribution < -0.4 is 14.8 Å². The van der Waals surface area contributed by atoms with Crippen LogP contribution >= 0.6 is 27.7 Å². The number of hydrogen-bond donors (Lipinski definition) is 1. The average Bonchev–Trinajstić information content (AvgIpc) is 3.19. The number of nitrogens with one attached hydrogen (secondary N) is 1. The third kappa shape index (κ3) is 6.00. The molecule has 7 nitrogen and oxygen atoms in total. The Balaban J connectivity index is 1.31. The molecule has 1 fully saturated rings. The van der Waals surface area contributed by atoms with Crippen molar-refractivity contribution in [3.63, 3.8) is 0 Å². The van der Waals surface area contributed by atoms with Gasteiger partial charge < -0.3 is 14.8 Å². The minimum absolute atomic E-state index is 0.214. The van der Waals surface area contributed by atoms with E-state index in [0.717, 1.165) is 33.0 Å². The molecule has 5 rings (SSSR count). The summed E-state index contributed by atoms with van der Waals surface area (Å²) in [7, 11) is 1.54. The van der Waals surface area contributed by atoms with Crippen LogP contribution in [0.1, 0.15) is 11.1 Å².